The number of rotatable bonds is 10. The molecule has 2 atom stereocenters. The Labute approximate surface area is 151 Å². The van der Waals surface area contributed by atoms with Crippen LogP contribution in [0, 0.1) is 5.41 Å². The smallest absolute Gasteiger partial charge is 0.329 e. The average molecular weight is 357 g/mol. The number of carbonyl (C=O) groups is 3. The van der Waals surface area contributed by atoms with Gasteiger partial charge in [-0.05, 0) is 38.0 Å². The van der Waals surface area contributed by atoms with Gasteiger partial charge in [-0.3, -0.25) is 15.4 Å². The predicted octanol–water partition coefficient (Wildman–Crippen LogP) is 3.04. The van der Waals surface area contributed by atoms with Gasteiger partial charge in [-0.2, -0.15) is 0 Å². The van der Waals surface area contributed by atoms with Crippen LogP contribution in [0.15, 0.2) is 0 Å². The fourth-order valence-electron chi connectivity index (χ4n) is 2.88. The van der Waals surface area contributed by atoms with Crippen molar-refractivity contribution in [2.45, 2.75) is 85.1 Å². The van der Waals surface area contributed by atoms with Crippen molar-refractivity contribution < 1.29 is 14.4 Å². The summed E-state index contributed by atoms with van der Waals surface area (Å²) in [6, 6.07) is -1.41. The molecule has 0 spiro atoms. The Morgan fingerprint density at radius 2 is 1.56 bits per heavy atom. The van der Waals surface area contributed by atoms with Gasteiger partial charge in [-0.25, -0.2) is 9.59 Å². The normalized spacial score (nSPS) is 15.6. The topological polar surface area (TPSA) is 113 Å². The van der Waals surface area contributed by atoms with Gasteiger partial charge in [0.2, 0.25) is 5.91 Å². The van der Waals surface area contributed by atoms with Crippen LogP contribution in [0.2, 0.25) is 0 Å². The first-order valence-corrected chi connectivity index (χ1v) is 9.19. The number of urea groups is 2. The fraction of sp³-hybridized carbons (Fsp3) is 0.833. The predicted molar refractivity (Wildman–Crippen MR) is 100 cm³/mol. The van der Waals surface area contributed by atoms with Gasteiger partial charge in [0.1, 0.15) is 0 Å². The third-order valence-corrected chi connectivity index (χ3v) is 4.75. The zero-order chi connectivity index (χ0) is 19.5. The van der Waals surface area contributed by atoms with Crippen molar-refractivity contribution in [2.75, 3.05) is 6.54 Å². The molecule has 146 valence electrons. The molecule has 0 aliphatic rings. The SMILES string of the molecule is CCC(C)(N)CC(C)(CC)CCCCCNC(=O)NC(=O)NC(C)=O. The first kappa shape index (κ1) is 23.4. The second kappa shape index (κ2) is 11.1. The van der Waals surface area contributed by atoms with Gasteiger partial charge in [0.25, 0.3) is 0 Å². The Morgan fingerprint density at radius 1 is 0.920 bits per heavy atom. The van der Waals surface area contributed by atoms with Crippen LogP contribution in [-0.2, 0) is 4.79 Å². The van der Waals surface area contributed by atoms with Crippen LogP contribution in [0.1, 0.15) is 79.6 Å². The summed E-state index contributed by atoms with van der Waals surface area (Å²) in [6.45, 7) is 10.5. The lowest BCUT2D eigenvalue weighted by molar-refractivity contribution is -0.117. The summed E-state index contributed by atoms with van der Waals surface area (Å²) < 4.78 is 0. The Hall–Kier alpha value is -1.63. The zero-order valence-electron chi connectivity index (χ0n) is 16.5. The molecule has 0 fully saturated rings. The van der Waals surface area contributed by atoms with Crippen LogP contribution < -0.4 is 21.7 Å². The number of hydrogen-bond acceptors (Lipinski definition) is 4. The molecule has 5 amide bonds. The molecule has 0 aliphatic heterocycles. The number of amides is 5. The summed E-state index contributed by atoms with van der Waals surface area (Å²) in [5.74, 6) is -0.513. The van der Waals surface area contributed by atoms with Gasteiger partial charge >= 0.3 is 12.1 Å². The Bertz CT molecular complexity index is 452. The number of nitrogens with one attached hydrogen (secondary N) is 3. The summed E-state index contributed by atoms with van der Waals surface area (Å²) >= 11 is 0. The number of nitrogens with two attached hydrogens (primary N) is 1. The van der Waals surface area contributed by atoms with E-state index in [2.05, 4.69) is 33.0 Å². The molecule has 0 saturated carbocycles. The van der Waals surface area contributed by atoms with E-state index in [1.165, 1.54) is 6.92 Å². The highest BCUT2D eigenvalue weighted by Gasteiger charge is 2.29. The van der Waals surface area contributed by atoms with Gasteiger partial charge in [0, 0.05) is 19.0 Å². The average Bonchev–Trinajstić information content (AvgIpc) is 2.49. The molecule has 25 heavy (non-hydrogen) atoms. The molecule has 0 aromatic carbocycles. The van der Waals surface area contributed by atoms with Gasteiger partial charge in [-0.1, -0.05) is 40.0 Å². The van der Waals surface area contributed by atoms with Crippen LogP contribution in [0.4, 0.5) is 9.59 Å². The van der Waals surface area contributed by atoms with Gasteiger partial charge in [-0.15, -0.1) is 0 Å². The highest BCUT2D eigenvalue weighted by molar-refractivity contribution is 6.00. The molecule has 0 aliphatic carbocycles. The molecule has 0 saturated heterocycles. The van der Waals surface area contributed by atoms with E-state index in [0.29, 0.717) is 6.54 Å². The molecular weight excluding hydrogens is 320 g/mol. The van der Waals surface area contributed by atoms with Crippen molar-refractivity contribution >= 4 is 18.0 Å². The molecule has 5 N–H and O–H groups in total. The van der Waals surface area contributed by atoms with E-state index in [1.807, 2.05) is 10.6 Å². The monoisotopic (exact) mass is 356 g/mol. The molecule has 0 aromatic heterocycles. The van der Waals surface area contributed by atoms with Crippen LogP contribution in [0.3, 0.4) is 0 Å². The Kier molecular flexibility index (Phi) is 10.4. The van der Waals surface area contributed by atoms with Crippen molar-refractivity contribution in [1.82, 2.24) is 16.0 Å². The first-order valence-electron chi connectivity index (χ1n) is 9.19. The Balaban J connectivity index is 3.95. The minimum Gasteiger partial charge on any atom is -0.338 e. The van der Waals surface area contributed by atoms with Crippen molar-refractivity contribution in [3.63, 3.8) is 0 Å². The summed E-state index contributed by atoms with van der Waals surface area (Å²) in [5.41, 5.74) is 6.45. The lowest BCUT2D eigenvalue weighted by Crippen LogP contribution is -2.46. The summed E-state index contributed by atoms with van der Waals surface area (Å²) in [7, 11) is 0. The highest BCUT2D eigenvalue weighted by Crippen LogP contribution is 2.37. The molecule has 0 aromatic rings. The second-order valence-corrected chi connectivity index (χ2v) is 7.55. The largest absolute Gasteiger partial charge is 0.338 e. The molecule has 2 unspecified atom stereocenters. The highest BCUT2D eigenvalue weighted by atomic mass is 16.2. The number of hydrogen-bond donors (Lipinski definition) is 4. The van der Waals surface area contributed by atoms with E-state index in [1.54, 1.807) is 0 Å². The van der Waals surface area contributed by atoms with E-state index < -0.39 is 18.0 Å². The first-order chi connectivity index (χ1) is 11.5. The summed E-state index contributed by atoms with van der Waals surface area (Å²) in [6.07, 6.45) is 7.13. The summed E-state index contributed by atoms with van der Waals surface area (Å²) in [4.78, 5) is 33.3. The van der Waals surface area contributed by atoms with E-state index in [0.717, 1.165) is 44.9 Å². The minimum atomic E-state index is -0.815. The van der Waals surface area contributed by atoms with Crippen LogP contribution >= 0.6 is 0 Å². The van der Waals surface area contributed by atoms with Crippen molar-refractivity contribution in [3.8, 4) is 0 Å². The van der Waals surface area contributed by atoms with Crippen LogP contribution in [0.25, 0.3) is 0 Å². The third-order valence-electron chi connectivity index (χ3n) is 4.75. The minimum absolute atomic E-state index is 0.120. The van der Waals surface area contributed by atoms with Crippen molar-refractivity contribution in [1.29, 1.82) is 0 Å². The van der Waals surface area contributed by atoms with E-state index >= 15 is 0 Å². The molecule has 0 bridgehead atoms. The lowest BCUT2D eigenvalue weighted by Gasteiger charge is -2.36. The maximum Gasteiger partial charge on any atom is 0.329 e. The Morgan fingerprint density at radius 3 is 2.08 bits per heavy atom. The van der Waals surface area contributed by atoms with Crippen LogP contribution in [-0.4, -0.2) is 30.1 Å². The second-order valence-electron chi connectivity index (χ2n) is 7.55. The molecule has 7 nitrogen and oxygen atoms in total. The standard InChI is InChI=1S/C18H36N4O3/c1-6-17(4,13-18(5,19)7-2)11-9-8-10-12-20-15(24)22-16(25)21-14(3)23/h6-13,19H2,1-5H3,(H3,20,21,22,23,24,25). The maximum absolute atomic E-state index is 11.5. The van der Waals surface area contributed by atoms with Gasteiger partial charge < -0.3 is 11.1 Å². The van der Waals surface area contributed by atoms with Crippen LogP contribution in [0.5, 0.6) is 0 Å². The van der Waals surface area contributed by atoms with Crippen molar-refractivity contribution in [2.24, 2.45) is 11.1 Å². The molecule has 7 heteroatoms. The number of unbranched alkanes of at least 4 members (excludes halogenated alkanes) is 2. The fourth-order valence-corrected chi connectivity index (χ4v) is 2.88. The quantitative estimate of drug-likeness (QED) is 0.450. The van der Waals surface area contributed by atoms with E-state index in [4.69, 9.17) is 5.73 Å². The lowest BCUT2D eigenvalue weighted by atomic mass is 9.72. The molecular formula is C18H36N4O3. The van der Waals surface area contributed by atoms with E-state index in [-0.39, 0.29) is 11.0 Å². The maximum atomic E-state index is 11.5. The molecule has 0 radical (unpaired) electrons. The van der Waals surface area contributed by atoms with Gasteiger partial charge in [0.15, 0.2) is 0 Å². The molecule has 0 rings (SSSR count). The van der Waals surface area contributed by atoms with Crippen molar-refractivity contribution in [3.05, 3.63) is 0 Å². The van der Waals surface area contributed by atoms with Gasteiger partial charge in [0.05, 0.1) is 0 Å². The van der Waals surface area contributed by atoms with E-state index in [9.17, 15) is 14.4 Å². The molecule has 0 heterocycles. The summed E-state index contributed by atoms with van der Waals surface area (Å²) in [5, 5.41) is 6.61. The number of carbonyl (C=O) groups excluding carboxylic acids is 3. The zero-order valence-corrected chi connectivity index (χ0v) is 16.5. The third kappa shape index (κ3) is 11.5. The number of imide groups is 2.